The van der Waals surface area contributed by atoms with Crippen LogP contribution in [0.2, 0.25) is 0 Å². The molecule has 1 aliphatic rings. The van der Waals surface area contributed by atoms with Crippen LogP contribution in [0.15, 0.2) is 18.2 Å². The van der Waals surface area contributed by atoms with E-state index in [1.807, 2.05) is 6.92 Å². The van der Waals surface area contributed by atoms with E-state index in [-0.39, 0.29) is 5.82 Å². The zero-order valence-electron chi connectivity index (χ0n) is 11.9. The highest BCUT2D eigenvalue weighted by molar-refractivity contribution is 5.28. The minimum Gasteiger partial charge on any atom is -0.390 e. The lowest BCUT2D eigenvalue weighted by atomic mass is 9.78. The van der Waals surface area contributed by atoms with Crippen LogP contribution in [-0.4, -0.2) is 23.3 Å². The van der Waals surface area contributed by atoms with Crippen LogP contribution in [0.3, 0.4) is 0 Å². The molecule has 0 heterocycles. The third-order valence-electron chi connectivity index (χ3n) is 4.23. The largest absolute Gasteiger partial charge is 0.390 e. The van der Waals surface area contributed by atoms with Crippen LogP contribution in [0.4, 0.5) is 4.39 Å². The van der Waals surface area contributed by atoms with Crippen LogP contribution in [0.1, 0.15) is 43.7 Å². The van der Waals surface area contributed by atoms with Gasteiger partial charge in [-0.1, -0.05) is 13.0 Å². The minimum atomic E-state index is -0.617. The Bertz CT molecular complexity index is 425. The fourth-order valence-corrected chi connectivity index (χ4v) is 3.04. The summed E-state index contributed by atoms with van der Waals surface area (Å²) in [6.07, 6.45) is 4.32. The molecule has 1 aromatic carbocycles. The summed E-state index contributed by atoms with van der Waals surface area (Å²) in [5.41, 5.74) is 1.38. The van der Waals surface area contributed by atoms with E-state index in [2.05, 4.69) is 12.2 Å². The van der Waals surface area contributed by atoms with Crippen molar-refractivity contribution in [3.05, 3.63) is 35.1 Å². The fraction of sp³-hybridized carbons (Fsp3) is 0.625. The van der Waals surface area contributed by atoms with Crippen molar-refractivity contribution in [1.82, 2.24) is 5.32 Å². The molecule has 0 amide bonds. The second kappa shape index (κ2) is 6.02. The van der Waals surface area contributed by atoms with Crippen LogP contribution in [0.5, 0.6) is 0 Å². The van der Waals surface area contributed by atoms with E-state index in [1.165, 1.54) is 6.07 Å². The molecule has 1 aromatic rings. The number of hydrogen-bond donors (Lipinski definition) is 2. The van der Waals surface area contributed by atoms with Gasteiger partial charge in [-0.25, -0.2) is 4.39 Å². The van der Waals surface area contributed by atoms with Crippen LogP contribution in [0, 0.1) is 12.7 Å². The van der Waals surface area contributed by atoms with Crippen molar-refractivity contribution in [2.24, 2.45) is 0 Å². The molecular formula is C16H24FNO. The highest BCUT2D eigenvalue weighted by Gasteiger charge is 2.33. The zero-order chi connectivity index (χ0) is 13.9. The molecule has 0 bridgehead atoms. The van der Waals surface area contributed by atoms with Crippen molar-refractivity contribution in [3.8, 4) is 0 Å². The lowest BCUT2D eigenvalue weighted by Crippen LogP contribution is -2.42. The molecule has 2 nitrogen and oxygen atoms in total. The number of aryl methyl sites for hydroxylation is 1. The number of aliphatic hydroxyl groups is 1. The first-order valence-electron chi connectivity index (χ1n) is 7.23. The topological polar surface area (TPSA) is 32.3 Å². The van der Waals surface area contributed by atoms with Gasteiger partial charge in [0.25, 0.3) is 0 Å². The van der Waals surface area contributed by atoms with Gasteiger partial charge in [-0.3, -0.25) is 0 Å². The van der Waals surface area contributed by atoms with Gasteiger partial charge in [-0.2, -0.15) is 0 Å². The summed E-state index contributed by atoms with van der Waals surface area (Å²) in [5, 5.41) is 14.1. The zero-order valence-corrected chi connectivity index (χ0v) is 11.9. The Labute approximate surface area is 115 Å². The van der Waals surface area contributed by atoms with E-state index in [4.69, 9.17) is 0 Å². The van der Waals surface area contributed by atoms with Crippen molar-refractivity contribution < 1.29 is 9.50 Å². The Balaban J connectivity index is 1.99. The van der Waals surface area contributed by atoms with Crippen molar-refractivity contribution in [2.75, 3.05) is 6.54 Å². The molecule has 3 heteroatoms. The Kier molecular flexibility index (Phi) is 4.58. The van der Waals surface area contributed by atoms with E-state index >= 15 is 0 Å². The first kappa shape index (κ1) is 14.5. The SMILES string of the molecule is CCNC1CCC(O)(Cc2ccc(F)cc2C)CC1. The molecule has 1 aliphatic carbocycles. The summed E-state index contributed by atoms with van der Waals surface area (Å²) in [5.74, 6) is -0.205. The normalized spacial score (nSPS) is 27.5. The molecule has 19 heavy (non-hydrogen) atoms. The molecule has 2 N–H and O–H groups in total. The van der Waals surface area contributed by atoms with E-state index in [0.717, 1.165) is 43.4 Å². The lowest BCUT2D eigenvalue weighted by Gasteiger charge is -2.36. The Morgan fingerprint density at radius 3 is 2.63 bits per heavy atom. The van der Waals surface area contributed by atoms with Crippen LogP contribution < -0.4 is 5.32 Å². The summed E-state index contributed by atoms with van der Waals surface area (Å²) >= 11 is 0. The second-order valence-corrected chi connectivity index (χ2v) is 5.80. The maximum atomic E-state index is 13.1. The molecule has 0 aromatic heterocycles. The van der Waals surface area contributed by atoms with Crippen molar-refractivity contribution in [2.45, 2.75) is 57.6 Å². The van der Waals surface area contributed by atoms with Gasteiger partial charge in [0, 0.05) is 12.5 Å². The van der Waals surface area contributed by atoms with Crippen molar-refractivity contribution in [1.29, 1.82) is 0 Å². The molecule has 0 saturated heterocycles. The van der Waals surface area contributed by atoms with Crippen LogP contribution in [0.25, 0.3) is 0 Å². The average molecular weight is 265 g/mol. The summed E-state index contributed by atoms with van der Waals surface area (Å²) in [7, 11) is 0. The van der Waals surface area contributed by atoms with Gasteiger partial charge in [0.1, 0.15) is 5.82 Å². The van der Waals surface area contributed by atoms with Gasteiger partial charge in [-0.05, 0) is 62.4 Å². The molecule has 1 saturated carbocycles. The second-order valence-electron chi connectivity index (χ2n) is 5.80. The molecule has 0 radical (unpaired) electrons. The number of nitrogens with one attached hydrogen (secondary N) is 1. The van der Waals surface area contributed by atoms with Crippen molar-refractivity contribution >= 4 is 0 Å². The molecule has 106 valence electrons. The number of rotatable bonds is 4. The average Bonchev–Trinajstić information content (AvgIpc) is 2.36. The Morgan fingerprint density at radius 1 is 1.37 bits per heavy atom. The number of halogens is 1. The first-order valence-corrected chi connectivity index (χ1v) is 7.23. The van der Waals surface area contributed by atoms with Gasteiger partial charge in [-0.15, -0.1) is 0 Å². The van der Waals surface area contributed by atoms with Gasteiger partial charge in [0.2, 0.25) is 0 Å². The maximum absolute atomic E-state index is 13.1. The smallest absolute Gasteiger partial charge is 0.123 e. The quantitative estimate of drug-likeness (QED) is 0.877. The van der Waals surface area contributed by atoms with E-state index in [0.29, 0.717) is 12.5 Å². The monoisotopic (exact) mass is 265 g/mol. The van der Waals surface area contributed by atoms with Gasteiger partial charge < -0.3 is 10.4 Å². The number of benzene rings is 1. The predicted molar refractivity (Wildman–Crippen MR) is 75.7 cm³/mol. The summed E-state index contributed by atoms with van der Waals surface area (Å²) in [4.78, 5) is 0. The third-order valence-corrected chi connectivity index (χ3v) is 4.23. The van der Waals surface area contributed by atoms with Gasteiger partial charge in [0.05, 0.1) is 5.60 Å². The van der Waals surface area contributed by atoms with Gasteiger partial charge >= 0.3 is 0 Å². The number of hydrogen-bond acceptors (Lipinski definition) is 2. The molecular weight excluding hydrogens is 241 g/mol. The lowest BCUT2D eigenvalue weighted by molar-refractivity contribution is -0.00308. The summed E-state index contributed by atoms with van der Waals surface area (Å²) in [6, 6.07) is 5.37. The Morgan fingerprint density at radius 2 is 2.05 bits per heavy atom. The summed E-state index contributed by atoms with van der Waals surface area (Å²) < 4.78 is 13.1. The van der Waals surface area contributed by atoms with Crippen LogP contribution in [-0.2, 0) is 6.42 Å². The standard InChI is InChI=1S/C16H24FNO/c1-3-18-15-6-8-16(19,9-7-15)11-13-4-5-14(17)10-12(13)2/h4-5,10,15,18-19H,3,6-9,11H2,1-2H3. The highest BCUT2D eigenvalue weighted by Crippen LogP contribution is 2.32. The molecule has 0 aliphatic heterocycles. The molecule has 0 atom stereocenters. The maximum Gasteiger partial charge on any atom is 0.123 e. The Hall–Kier alpha value is -0.930. The predicted octanol–water partition coefficient (Wildman–Crippen LogP) is 2.96. The van der Waals surface area contributed by atoms with E-state index < -0.39 is 5.60 Å². The van der Waals surface area contributed by atoms with E-state index in [9.17, 15) is 9.50 Å². The van der Waals surface area contributed by atoms with Gasteiger partial charge in [0.15, 0.2) is 0 Å². The van der Waals surface area contributed by atoms with E-state index in [1.54, 1.807) is 12.1 Å². The molecule has 2 rings (SSSR count). The summed E-state index contributed by atoms with van der Waals surface area (Å²) in [6.45, 7) is 5.01. The fourth-order valence-electron chi connectivity index (χ4n) is 3.04. The van der Waals surface area contributed by atoms with Crippen LogP contribution >= 0.6 is 0 Å². The minimum absolute atomic E-state index is 0.205. The first-order chi connectivity index (χ1) is 9.02. The third kappa shape index (κ3) is 3.77. The molecule has 1 fully saturated rings. The molecule has 0 unspecified atom stereocenters. The molecule has 0 spiro atoms. The highest BCUT2D eigenvalue weighted by atomic mass is 19.1. The van der Waals surface area contributed by atoms with Crippen molar-refractivity contribution in [3.63, 3.8) is 0 Å².